The highest BCUT2D eigenvalue weighted by atomic mass is 16.4. The molecule has 5 unspecified atom stereocenters. The lowest BCUT2D eigenvalue weighted by Gasteiger charge is -2.51. The monoisotopic (exact) mass is 477 g/mol. The number of hydrogen-bond donors (Lipinski definition) is 6. The van der Waals surface area contributed by atoms with Crippen molar-refractivity contribution in [1.29, 1.82) is 0 Å². The molecule has 1 fully saturated rings. The van der Waals surface area contributed by atoms with Crippen molar-refractivity contribution < 1.29 is 39.9 Å². The Labute approximate surface area is 199 Å². The number of amides is 1. The van der Waals surface area contributed by atoms with E-state index in [0.29, 0.717) is 12.0 Å². The molecule has 9 heteroatoms. The lowest BCUT2D eigenvalue weighted by Crippen LogP contribution is -2.64. The van der Waals surface area contributed by atoms with Gasteiger partial charge in [0.1, 0.15) is 22.8 Å². The van der Waals surface area contributed by atoms with Crippen LogP contribution in [0.2, 0.25) is 0 Å². The molecule has 0 radical (unpaired) electrons. The fourth-order valence-electron chi connectivity index (χ4n) is 5.89. The summed E-state index contributed by atoms with van der Waals surface area (Å²) >= 11 is 0. The number of hydrogen-bond acceptors (Lipinski definition) is 8. The van der Waals surface area contributed by atoms with E-state index in [1.54, 1.807) is 12.1 Å². The van der Waals surface area contributed by atoms with E-state index < -0.39 is 76.0 Å². The molecule has 2 aromatic rings. The van der Waals surface area contributed by atoms with Crippen LogP contribution in [0.1, 0.15) is 29.0 Å². The SMILES string of the molecule is NC(=O)C1=C(O)C2(O)C(=O)C3=C(O)c4c(O)cccc4C(Cc4ccccc4)C3C(O)C2CC1=O. The average molecular weight is 477 g/mol. The number of carbonyl (C=O) groups excluding carboxylic acids is 3. The summed E-state index contributed by atoms with van der Waals surface area (Å²) in [5, 5.41) is 55.3. The number of phenols is 1. The predicted molar refractivity (Wildman–Crippen MR) is 122 cm³/mol. The van der Waals surface area contributed by atoms with Crippen LogP contribution in [0.5, 0.6) is 5.75 Å². The van der Waals surface area contributed by atoms with Crippen LogP contribution < -0.4 is 5.73 Å². The molecule has 0 heterocycles. The van der Waals surface area contributed by atoms with Gasteiger partial charge in [-0.2, -0.15) is 0 Å². The van der Waals surface area contributed by atoms with E-state index in [4.69, 9.17) is 5.73 Å². The van der Waals surface area contributed by atoms with E-state index >= 15 is 0 Å². The van der Waals surface area contributed by atoms with Crippen molar-refractivity contribution in [2.75, 3.05) is 0 Å². The third kappa shape index (κ3) is 3.05. The zero-order valence-corrected chi connectivity index (χ0v) is 18.4. The Morgan fingerprint density at radius 2 is 1.71 bits per heavy atom. The third-order valence-corrected chi connectivity index (χ3v) is 7.47. The predicted octanol–water partition coefficient (Wildman–Crippen LogP) is 1.18. The molecule has 0 aliphatic heterocycles. The molecule has 9 nitrogen and oxygen atoms in total. The van der Waals surface area contributed by atoms with Gasteiger partial charge in [-0.05, 0) is 29.5 Å². The van der Waals surface area contributed by atoms with Crippen molar-refractivity contribution in [3.05, 3.63) is 82.1 Å². The Kier molecular flexibility index (Phi) is 5.08. The maximum absolute atomic E-state index is 13.8. The smallest absolute Gasteiger partial charge is 0.255 e. The number of nitrogens with two attached hydrogens (primary N) is 1. The molecule has 2 aromatic carbocycles. The second-order valence-corrected chi connectivity index (χ2v) is 9.23. The molecular formula is C26H23NO8. The lowest BCUT2D eigenvalue weighted by atomic mass is 9.55. The molecule has 1 saturated carbocycles. The number of benzene rings is 2. The maximum atomic E-state index is 13.8. The van der Waals surface area contributed by atoms with Gasteiger partial charge in [0.15, 0.2) is 11.4 Å². The van der Waals surface area contributed by atoms with E-state index in [2.05, 4.69) is 0 Å². The Hall–Kier alpha value is -3.95. The van der Waals surface area contributed by atoms with Crippen molar-refractivity contribution in [2.45, 2.75) is 30.5 Å². The van der Waals surface area contributed by atoms with Crippen molar-refractivity contribution in [2.24, 2.45) is 17.6 Å². The van der Waals surface area contributed by atoms with Crippen LogP contribution in [-0.4, -0.2) is 54.7 Å². The van der Waals surface area contributed by atoms with Gasteiger partial charge in [0.2, 0.25) is 5.78 Å². The zero-order chi connectivity index (χ0) is 25.2. The average Bonchev–Trinajstić information content (AvgIpc) is 2.81. The van der Waals surface area contributed by atoms with E-state index in [9.17, 15) is 39.9 Å². The van der Waals surface area contributed by atoms with Crippen molar-refractivity contribution in [3.63, 3.8) is 0 Å². The molecule has 3 aliphatic rings. The number of carbonyl (C=O) groups is 3. The van der Waals surface area contributed by atoms with Gasteiger partial charge < -0.3 is 31.3 Å². The molecule has 0 bridgehead atoms. The highest BCUT2D eigenvalue weighted by Crippen LogP contribution is 2.56. The fourth-order valence-corrected chi connectivity index (χ4v) is 5.89. The summed E-state index contributed by atoms with van der Waals surface area (Å²) in [4.78, 5) is 38.1. The minimum Gasteiger partial charge on any atom is -0.508 e. The van der Waals surface area contributed by atoms with Gasteiger partial charge in [-0.15, -0.1) is 0 Å². The molecule has 0 aromatic heterocycles. The molecule has 35 heavy (non-hydrogen) atoms. The Morgan fingerprint density at radius 3 is 2.37 bits per heavy atom. The molecule has 5 atom stereocenters. The highest BCUT2D eigenvalue weighted by Gasteiger charge is 2.65. The summed E-state index contributed by atoms with van der Waals surface area (Å²) in [6.45, 7) is 0. The van der Waals surface area contributed by atoms with Gasteiger partial charge >= 0.3 is 0 Å². The molecule has 0 spiro atoms. The van der Waals surface area contributed by atoms with Crippen molar-refractivity contribution >= 4 is 23.2 Å². The Morgan fingerprint density at radius 1 is 1.03 bits per heavy atom. The third-order valence-electron chi connectivity index (χ3n) is 7.47. The summed E-state index contributed by atoms with van der Waals surface area (Å²) in [5.74, 6) is -8.76. The second-order valence-electron chi connectivity index (χ2n) is 9.23. The topological polar surface area (TPSA) is 178 Å². The number of fused-ring (bicyclic) bond motifs is 3. The number of rotatable bonds is 3. The summed E-state index contributed by atoms with van der Waals surface area (Å²) in [6, 6.07) is 13.8. The van der Waals surface area contributed by atoms with Crippen LogP contribution in [0.4, 0.5) is 0 Å². The minimum atomic E-state index is -2.85. The second kappa shape index (κ2) is 7.79. The van der Waals surface area contributed by atoms with E-state index in [1.807, 2.05) is 30.3 Å². The first-order valence-corrected chi connectivity index (χ1v) is 11.1. The van der Waals surface area contributed by atoms with Gasteiger partial charge in [-0.3, -0.25) is 14.4 Å². The van der Waals surface area contributed by atoms with Crippen LogP contribution in [0.15, 0.2) is 65.4 Å². The van der Waals surface area contributed by atoms with Crippen LogP contribution in [-0.2, 0) is 20.8 Å². The quantitative estimate of drug-likeness (QED) is 0.357. The molecule has 1 amide bonds. The summed E-state index contributed by atoms with van der Waals surface area (Å²) in [7, 11) is 0. The Balaban J connectivity index is 1.76. The number of phenolic OH excluding ortho intramolecular Hbond substituents is 1. The first kappa shape index (κ1) is 22.8. The van der Waals surface area contributed by atoms with Crippen LogP contribution in [0, 0.1) is 11.8 Å². The minimum absolute atomic E-state index is 0.0206. The molecule has 180 valence electrons. The number of aliphatic hydroxyl groups is 4. The Bertz CT molecular complexity index is 1340. The van der Waals surface area contributed by atoms with E-state index in [-0.39, 0.29) is 11.3 Å². The normalized spacial score (nSPS) is 30.0. The van der Waals surface area contributed by atoms with Gasteiger partial charge in [-0.1, -0.05) is 42.5 Å². The van der Waals surface area contributed by atoms with Crippen LogP contribution in [0.3, 0.4) is 0 Å². The van der Waals surface area contributed by atoms with Gasteiger partial charge in [-0.25, -0.2) is 0 Å². The molecule has 7 N–H and O–H groups in total. The molecule has 0 saturated heterocycles. The van der Waals surface area contributed by atoms with Crippen molar-refractivity contribution in [1.82, 2.24) is 0 Å². The number of primary amides is 1. The maximum Gasteiger partial charge on any atom is 0.255 e. The lowest BCUT2D eigenvalue weighted by molar-refractivity contribution is -0.160. The van der Waals surface area contributed by atoms with Gasteiger partial charge in [0.05, 0.1) is 11.7 Å². The van der Waals surface area contributed by atoms with Crippen LogP contribution in [0.25, 0.3) is 5.76 Å². The summed E-state index contributed by atoms with van der Waals surface area (Å²) in [5.41, 5.74) is 2.36. The van der Waals surface area contributed by atoms with E-state index in [1.165, 1.54) is 6.07 Å². The van der Waals surface area contributed by atoms with Crippen molar-refractivity contribution in [3.8, 4) is 5.75 Å². The van der Waals surface area contributed by atoms with Gasteiger partial charge in [0, 0.05) is 23.8 Å². The first-order chi connectivity index (χ1) is 16.6. The molecular weight excluding hydrogens is 454 g/mol. The summed E-state index contributed by atoms with van der Waals surface area (Å²) < 4.78 is 0. The highest BCUT2D eigenvalue weighted by molar-refractivity contribution is 6.23. The fraction of sp³-hybridized carbons (Fsp3) is 0.269. The number of aromatic hydroxyl groups is 1. The number of aliphatic hydroxyl groups excluding tert-OH is 3. The molecule has 3 aliphatic carbocycles. The van der Waals surface area contributed by atoms with E-state index in [0.717, 1.165) is 5.56 Å². The van der Waals surface area contributed by atoms with Crippen LogP contribution >= 0.6 is 0 Å². The number of ketones is 2. The first-order valence-electron chi connectivity index (χ1n) is 11.1. The summed E-state index contributed by atoms with van der Waals surface area (Å²) in [6.07, 6.45) is -1.88. The number of Topliss-reactive ketones (excluding diaryl/α,β-unsaturated/α-hetero) is 2. The zero-order valence-electron chi connectivity index (χ0n) is 18.4. The standard InChI is InChI=1S/C26H23NO8/c27-25(34)19-16(29)10-14-21(30)18-13(9-11-5-2-1-3-6-11)12-7-4-8-15(28)17(12)22(31)20(18)24(33)26(14,35)23(19)32/h1-8,13-14,18,21,28,30-32,35H,9-10H2,(H2,27,34). The molecule has 5 rings (SSSR count). The largest absolute Gasteiger partial charge is 0.508 e. The van der Waals surface area contributed by atoms with Gasteiger partial charge in [0.25, 0.3) is 5.91 Å².